The molecule has 2 aliphatic heterocycles. The first kappa shape index (κ1) is 21.8. The number of hydrogen-bond donors (Lipinski definition) is 2. The van der Waals surface area contributed by atoms with E-state index in [1.54, 1.807) is 32.1 Å². The van der Waals surface area contributed by atoms with Crippen LogP contribution >= 0.6 is 0 Å². The Bertz CT molecular complexity index is 802. The molecule has 7 heteroatoms. The van der Waals surface area contributed by atoms with E-state index in [0.717, 1.165) is 5.57 Å². The van der Waals surface area contributed by atoms with Gasteiger partial charge in [-0.1, -0.05) is 29.9 Å². The van der Waals surface area contributed by atoms with Crippen LogP contribution in [0.3, 0.4) is 0 Å². The molecular formula is C21H27NO6. The summed E-state index contributed by atoms with van der Waals surface area (Å²) in [6.07, 6.45) is 9.45. The molecule has 0 saturated carbocycles. The fourth-order valence-electron chi connectivity index (χ4n) is 3.22. The minimum Gasteiger partial charge on any atom is -0.465 e. The number of epoxide rings is 1. The Morgan fingerprint density at radius 1 is 1.32 bits per heavy atom. The number of carbonyl (C=O) groups is 3. The highest BCUT2D eigenvalue weighted by atomic mass is 16.6. The van der Waals surface area contributed by atoms with Gasteiger partial charge in [0, 0.05) is 0 Å². The van der Waals surface area contributed by atoms with Crippen LogP contribution in [-0.4, -0.2) is 47.3 Å². The summed E-state index contributed by atoms with van der Waals surface area (Å²) in [7, 11) is 1.34. The molecule has 2 fully saturated rings. The van der Waals surface area contributed by atoms with Crippen LogP contribution in [0.5, 0.6) is 0 Å². The number of hydrogen-bond acceptors (Lipinski definition) is 6. The van der Waals surface area contributed by atoms with Crippen molar-refractivity contribution in [3.8, 4) is 0 Å². The van der Waals surface area contributed by atoms with Gasteiger partial charge in [-0.15, -0.1) is 0 Å². The van der Waals surface area contributed by atoms with Crippen molar-refractivity contribution in [2.24, 2.45) is 0 Å². The Labute approximate surface area is 164 Å². The lowest BCUT2D eigenvalue weighted by Crippen LogP contribution is -2.45. The highest BCUT2D eigenvalue weighted by Crippen LogP contribution is 2.49. The number of aliphatic hydroxyl groups is 1. The zero-order valence-electron chi connectivity index (χ0n) is 16.9. The summed E-state index contributed by atoms with van der Waals surface area (Å²) in [6.45, 7) is 6.69. The van der Waals surface area contributed by atoms with E-state index in [1.807, 2.05) is 19.1 Å². The summed E-state index contributed by atoms with van der Waals surface area (Å²) >= 11 is 0. The Balaban J connectivity index is 1.90. The van der Waals surface area contributed by atoms with E-state index in [1.165, 1.54) is 14.0 Å². The smallest absolute Gasteiger partial charge is 0.337 e. The molecule has 7 nitrogen and oxygen atoms in total. The summed E-state index contributed by atoms with van der Waals surface area (Å²) in [5.41, 5.74) is -1.29. The van der Waals surface area contributed by atoms with Crippen molar-refractivity contribution in [2.45, 2.75) is 58.0 Å². The maximum atomic E-state index is 12.6. The molecule has 0 aromatic heterocycles. The summed E-state index contributed by atoms with van der Waals surface area (Å²) in [5, 5.41) is 12.4. The Kier molecular flexibility index (Phi) is 6.41. The first-order valence-corrected chi connectivity index (χ1v) is 9.14. The molecule has 152 valence electrons. The van der Waals surface area contributed by atoms with E-state index < -0.39 is 29.1 Å². The molecule has 28 heavy (non-hydrogen) atoms. The number of Topliss-reactive ketones (excluding diaryl/α,β-unsaturated/α-hetero) is 1. The van der Waals surface area contributed by atoms with Crippen molar-refractivity contribution in [1.82, 2.24) is 5.32 Å². The first-order chi connectivity index (χ1) is 13.1. The number of unbranched alkanes of at least 4 members (excludes halogenated alkanes) is 1. The van der Waals surface area contributed by atoms with E-state index in [-0.39, 0.29) is 5.97 Å². The lowest BCUT2D eigenvalue weighted by molar-refractivity contribution is -0.137. The van der Waals surface area contributed by atoms with Gasteiger partial charge in [-0.2, -0.15) is 0 Å². The third kappa shape index (κ3) is 4.15. The van der Waals surface area contributed by atoms with Crippen LogP contribution in [-0.2, 0) is 23.9 Å². The van der Waals surface area contributed by atoms with Crippen molar-refractivity contribution in [2.75, 3.05) is 7.11 Å². The van der Waals surface area contributed by atoms with Crippen LogP contribution in [0.1, 0.15) is 40.5 Å². The van der Waals surface area contributed by atoms with Gasteiger partial charge in [0.05, 0.1) is 12.7 Å². The average molecular weight is 389 g/mol. The van der Waals surface area contributed by atoms with Crippen molar-refractivity contribution >= 4 is 17.7 Å². The van der Waals surface area contributed by atoms with E-state index in [2.05, 4.69) is 5.32 Å². The van der Waals surface area contributed by atoms with Gasteiger partial charge in [0.1, 0.15) is 0 Å². The lowest BCUT2D eigenvalue weighted by atomic mass is 9.93. The van der Waals surface area contributed by atoms with Crippen LogP contribution in [0.25, 0.3) is 0 Å². The summed E-state index contributed by atoms with van der Waals surface area (Å²) in [4.78, 5) is 36.2. The number of morpholine rings is 1. The largest absolute Gasteiger partial charge is 0.465 e. The van der Waals surface area contributed by atoms with Crippen molar-refractivity contribution < 1.29 is 29.0 Å². The van der Waals surface area contributed by atoms with Gasteiger partial charge in [0.25, 0.3) is 5.91 Å². The van der Waals surface area contributed by atoms with Gasteiger partial charge in [-0.05, 0) is 52.2 Å². The second-order valence-electron chi connectivity index (χ2n) is 7.16. The van der Waals surface area contributed by atoms with Gasteiger partial charge < -0.3 is 19.9 Å². The number of amides is 1. The Hall–Kier alpha value is -2.51. The molecule has 2 aliphatic rings. The predicted octanol–water partition coefficient (Wildman–Crippen LogP) is 1.88. The number of carbonyl (C=O) groups excluding carboxylic acids is 3. The van der Waals surface area contributed by atoms with Crippen molar-refractivity contribution in [1.29, 1.82) is 0 Å². The van der Waals surface area contributed by atoms with Crippen molar-refractivity contribution in [3.63, 3.8) is 0 Å². The molecule has 2 N–H and O–H groups in total. The normalized spacial score (nSPS) is 30.3. The van der Waals surface area contributed by atoms with Crippen LogP contribution in [0.2, 0.25) is 0 Å². The van der Waals surface area contributed by atoms with Gasteiger partial charge in [0.2, 0.25) is 11.4 Å². The van der Waals surface area contributed by atoms with Crippen LogP contribution in [0, 0.1) is 0 Å². The molecule has 2 saturated heterocycles. The lowest BCUT2D eigenvalue weighted by Gasteiger charge is -2.16. The quantitative estimate of drug-likeness (QED) is 0.164. The Morgan fingerprint density at radius 3 is 2.50 bits per heavy atom. The molecule has 2 unspecified atom stereocenters. The summed E-state index contributed by atoms with van der Waals surface area (Å²) in [5.74, 6) is -1.39. The van der Waals surface area contributed by atoms with E-state index in [4.69, 9.17) is 9.47 Å². The molecule has 3 atom stereocenters. The number of allylic oxidation sites excluding steroid dienone is 5. The van der Waals surface area contributed by atoms with Crippen LogP contribution in [0.15, 0.2) is 47.1 Å². The molecule has 0 bridgehead atoms. The molecule has 0 spiro atoms. The number of rotatable bonds is 8. The second-order valence-corrected chi connectivity index (χ2v) is 7.16. The minimum absolute atomic E-state index is 0.387. The second kappa shape index (κ2) is 8.24. The van der Waals surface area contributed by atoms with Gasteiger partial charge >= 0.3 is 5.97 Å². The fourth-order valence-corrected chi connectivity index (χ4v) is 3.22. The SMILES string of the molecule is C\C=C(/C=C(C)/C=C/CC/C=C(\C)C(=O)C12O[C@H]1C(C)(O)NC2=O)C(=O)OC. The maximum absolute atomic E-state index is 12.6. The number of methoxy groups -OCH3 is 1. The number of ketones is 1. The molecule has 0 aromatic rings. The van der Waals surface area contributed by atoms with Crippen LogP contribution in [0.4, 0.5) is 0 Å². The van der Waals surface area contributed by atoms with E-state index >= 15 is 0 Å². The molecule has 0 radical (unpaired) electrons. The first-order valence-electron chi connectivity index (χ1n) is 9.14. The predicted molar refractivity (Wildman–Crippen MR) is 103 cm³/mol. The van der Waals surface area contributed by atoms with Crippen molar-refractivity contribution in [3.05, 3.63) is 47.1 Å². The third-order valence-electron chi connectivity index (χ3n) is 4.81. The third-order valence-corrected chi connectivity index (χ3v) is 4.81. The highest BCUT2D eigenvalue weighted by Gasteiger charge is 2.79. The number of nitrogens with one attached hydrogen (secondary N) is 1. The molecule has 0 aliphatic carbocycles. The standard InChI is InChI=1S/C21H27NO6/c1-6-15(17(24)27-5)12-13(2)10-8-7-9-11-14(3)16(23)21-18(28-21)20(4,26)22-19(21)25/h6,8,10-12,18,26H,7,9H2,1-5H3,(H,22,25)/b10-8+,13-12+,14-11+,15-6+/t18-,20?,21?/m0/s1. The summed E-state index contributed by atoms with van der Waals surface area (Å²) in [6, 6.07) is 0. The van der Waals surface area contributed by atoms with Crippen LogP contribution < -0.4 is 5.32 Å². The monoisotopic (exact) mass is 389 g/mol. The van der Waals surface area contributed by atoms with E-state index in [9.17, 15) is 19.5 Å². The molecule has 2 heterocycles. The zero-order chi connectivity index (χ0) is 21.1. The number of esters is 1. The molecular weight excluding hydrogens is 362 g/mol. The molecule has 0 aromatic carbocycles. The number of fused-ring (bicyclic) bond motifs is 1. The van der Waals surface area contributed by atoms with Gasteiger partial charge in [-0.25, -0.2) is 4.79 Å². The minimum atomic E-state index is -1.57. The maximum Gasteiger partial charge on any atom is 0.337 e. The van der Waals surface area contributed by atoms with Gasteiger partial charge in [-0.3, -0.25) is 9.59 Å². The average Bonchev–Trinajstić information content (AvgIpc) is 3.38. The topological polar surface area (TPSA) is 105 Å². The fraction of sp³-hybridized carbons (Fsp3) is 0.476. The summed E-state index contributed by atoms with van der Waals surface area (Å²) < 4.78 is 9.97. The highest BCUT2D eigenvalue weighted by molar-refractivity contribution is 6.21. The molecule has 1 amide bonds. The number of ether oxygens (including phenoxy) is 2. The van der Waals surface area contributed by atoms with E-state index in [0.29, 0.717) is 24.0 Å². The molecule has 2 rings (SSSR count). The van der Waals surface area contributed by atoms with Gasteiger partial charge in [0.15, 0.2) is 11.8 Å². The zero-order valence-corrected chi connectivity index (χ0v) is 16.9. The Morgan fingerprint density at radius 2 is 2.00 bits per heavy atom.